The summed E-state index contributed by atoms with van der Waals surface area (Å²) in [6.07, 6.45) is -4.10. The zero-order valence-corrected chi connectivity index (χ0v) is 8.75. The van der Waals surface area contributed by atoms with E-state index in [9.17, 15) is 13.2 Å². The predicted octanol–water partition coefficient (Wildman–Crippen LogP) is 2.18. The Bertz CT molecular complexity index is 564. The molecule has 0 bridgehead atoms. The van der Waals surface area contributed by atoms with Crippen molar-refractivity contribution in [1.82, 2.24) is 4.98 Å². The second-order valence-corrected chi connectivity index (χ2v) is 3.70. The van der Waals surface area contributed by atoms with Gasteiger partial charge in [-0.05, 0) is 6.07 Å². The van der Waals surface area contributed by atoms with Gasteiger partial charge in [-0.2, -0.15) is 13.2 Å². The molecule has 0 unspecified atom stereocenters. The number of fused-ring (bicyclic) bond motifs is 1. The maximum absolute atomic E-state index is 12.4. The Morgan fingerprint density at radius 1 is 1.29 bits per heavy atom. The van der Waals surface area contributed by atoms with Gasteiger partial charge in [-0.3, -0.25) is 0 Å². The Labute approximate surface area is 97.2 Å². The lowest BCUT2D eigenvalue weighted by Gasteiger charge is -2.23. The second kappa shape index (κ2) is 3.59. The van der Waals surface area contributed by atoms with Gasteiger partial charge >= 0.3 is 12.0 Å². The molecule has 8 heteroatoms. The molecule has 2 rings (SSSR count). The first-order valence-corrected chi connectivity index (χ1v) is 4.67. The summed E-state index contributed by atoms with van der Waals surface area (Å²) >= 11 is 5.64. The van der Waals surface area contributed by atoms with E-state index >= 15 is 0 Å². The summed E-state index contributed by atoms with van der Waals surface area (Å²) < 4.78 is 42.0. The van der Waals surface area contributed by atoms with Gasteiger partial charge in [0.1, 0.15) is 11.2 Å². The van der Waals surface area contributed by atoms with Crippen molar-refractivity contribution in [1.29, 1.82) is 0 Å². The summed E-state index contributed by atoms with van der Waals surface area (Å²) in [4.78, 5) is 3.44. The third-order valence-corrected chi connectivity index (χ3v) is 2.40. The van der Waals surface area contributed by atoms with Crippen LogP contribution in [0.2, 0.25) is 5.02 Å². The Morgan fingerprint density at radius 3 is 2.53 bits per heavy atom. The Kier molecular flexibility index (Phi) is 2.57. The van der Waals surface area contributed by atoms with Crippen molar-refractivity contribution in [3.8, 4) is 0 Å². The molecule has 0 saturated carbocycles. The summed E-state index contributed by atoms with van der Waals surface area (Å²) in [5, 5.41) is 17.9. The summed E-state index contributed by atoms with van der Waals surface area (Å²) in [5.74, 6) is -4.05. The van der Waals surface area contributed by atoms with E-state index in [2.05, 4.69) is 4.98 Å². The third-order valence-electron chi connectivity index (χ3n) is 2.12. The van der Waals surface area contributed by atoms with Crippen molar-refractivity contribution in [3.05, 3.63) is 29.1 Å². The fourth-order valence-corrected chi connectivity index (χ4v) is 1.49. The molecule has 0 aromatic carbocycles. The third kappa shape index (κ3) is 1.86. The normalized spacial score (nSPS) is 13.3. The molecule has 0 atom stereocenters. The van der Waals surface area contributed by atoms with Gasteiger partial charge in [0.15, 0.2) is 5.58 Å². The van der Waals surface area contributed by atoms with E-state index in [1.165, 1.54) is 12.3 Å². The first-order valence-electron chi connectivity index (χ1n) is 4.29. The lowest BCUT2D eigenvalue weighted by molar-refractivity contribution is -0.359. The van der Waals surface area contributed by atoms with Gasteiger partial charge in [0.25, 0.3) is 0 Å². The Morgan fingerprint density at radius 2 is 1.94 bits per heavy atom. The molecular formula is C9H5ClF3NO3. The number of hydrogen-bond donors (Lipinski definition) is 2. The maximum Gasteiger partial charge on any atom is 0.449 e. The molecule has 0 aliphatic carbocycles. The highest BCUT2D eigenvalue weighted by atomic mass is 35.5. The smallest absolute Gasteiger partial charge is 0.449 e. The highest BCUT2D eigenvalue weighted by Gasteiger charge is 2.55. The van der Waals surface area contributed by atoms with Gasteiger partial charge in [-0.25, -0.2) is 4.98 Å². The summed E-state index contributed by atoms with van der Waals surface area (Å²) in [6.45, 7) is 0. The van der Waals surface area contributed by atoms with Crippen LogP contribution in [0.3, 0.4) is 0 Å². The van der Waals surface area contributed by atoms with Crippen LogP contribution in [0.15, 0.2) is 22.8 Å². The standard InChI is InChI=1S/C9H5ClF3NO3/c10-4-3-6(8(15,16)9(11,12)13)14-5-1-2-17-7(4)5/h1-3,15-16H. The zero-order chi connectivity index (χ0) is 12.8. The number of furan rings is 1. The second-order valence-electron chi connectivity index (χ2n) is 3.29. The molecule has 2 aromatic rings. The number of nitrogens with zero attached hydrogens (tertiary/aromatic N) is 1. The van der Waals surface area contributed by atoms with Crippen molar-refractivity contribution in [2.24, 2.45) is 0 Å². The van der Waals surface area contributed by atoms with Crippen LogP contribution in [0.4, 0.5) is 13.2 Å². The highest BCUT2D eigenvalue weighted by molar-refractivity contribution is 6.34. The van der Waals surface area contributed by atoms with E-state index in [4.69, 9.17) is 26.2 Å². The number of aliphatic hydroxyl groups is 2. The zero-order valence-electron chi connectivity index (χ0n) is 7.99. The quantitative estimate of drug-likeness (QED) is 0.777. The Balaban J connectivity index is 2.64. The van der Waals surface area contributed by atoms with E-state index in [0.717, 1.165) is 0 Å². The van der Waals surface area contributed by atoms with Crippen molar-refractivity contribution < 1.29 is 27.8 Å². The molecule has 0 radical (unpaired) electrons. The molecule has 0 aliphatic heterocycles. The first kappa shape index (κ1) is 12.2. The molecule has 0 fully saturated rings. The minimum atomic E-state index is -5.28. The molecule has 92 valence electrons. The van der Waals surface area contributed by atoms with Gasteiger partial charge < -0.3 is 14.6 Å². The van der Waals surface area contributed by atoms with Gasteiger partial charge in [0.05, 0.1) is 11.3 Å². The molecule has 2 aromatic heterocycles. The number of alkyl halides is 3. The van der Waals surface area contributed by atoms with Crippen LogP contribution in [0.5, 0.6) is 0 Å². The number of hydrogen-bond acceptors (Lipinski definition) is 4. The molecule has 0 amide bonds. The minimum Gasteiger partial charge on any atom is -0.461 e. The molecule has 2 heterocycles. The van der Waals surface area contributed by atoms with Crippen LogP contribution in [-0.4, -0.2) is 21.4 Å². The molecule has 2 N–H and O–H groups in total. The van der Waals surface area contributed by atoms with E-state index in [1.54, 1.807) is 0 Å². The van der Waals surface area contributed by atoms with Crippen LogP contribution in [0.25, 0.3) is 11.1 Å². The van der Waals surface area contributed by atoms with Gasteiger partial charge in [-0.15, -0.1) is 0 Å². The fraction of sp³-hybridized carbons (Fsp3) is 0.222. The number of rotatable bonds is 1. The molecule has 17 heavy (non-hydrogen) atoms. The predicted molar refractivity (Wildman–Crippen MR) is 51.2 cm³/mol. The van der Waals surface area contributed by atoms with Crippen molar-refractivity contribution in [2.45, 2.75) is 12.0 Å². The molecule has 0 saturated heterocycles. The van der Waals surface area contributed by atoms with E-state index in [1.807, 2.05) is 0 Å². The van der Waals surface area contributed by atoms with Gasteiger partial charge in [0.2, 0.25) is 0 Å². The average Bonchev–Trinajstić information content (AvgIpc) is 2.64. The molecule has 0 spiro atoms. The molecular weight excluding hydrogens is 263 g/mol. The maximum atomic E-state index is 12.4. The van der Waals surface area contributed by atoms with Gasteiger partial charge in [-0.1, -0.05) is 11.6 Å². The van der Waals surface area contributed by atoms with Crippen LogP contribution < -0.4 is 0 Å². The first-order chi connectivity index (χ1) is 7.73. The van der Waals surface area contributed by atoms with Crippen molar-refractivity contribution in [3.63, 3.8) is 0 Å². The van der Waals surface area contributed by atoms with Crippen LogP contribution in [0.1, 0.15) is 5.69 Å². The van der Waals surface area contributed by atoms with E-state index in [0.29, 0.717) is 6.07 Å². The Hall–Kier alpha value is -1.31. The highest BCUT2D eigenvalue weighted by Crippen LogP contribution is 2.37. The lowest BCUT2D eigenvalue weighted by Crippen LogP contribution is -2.42. The monoisotopic (exact) mass is 267 g/mol. The SMILES string of the molecule is OC(O)(c1cc(Cl)c2occc2n1)C(F)(F)F. The van der Waals surface area contributed by atoms with E-state index in [-0.39, 0.29) is 16.1 Å². The average molecular weight is 268 g/mol. The number of pyridine rings is 1. The van der Waals surface area contributed by atoms with Crippen molar-refractivity contribution >= 4 is 22.7 Å². The largest absolute Gasteiger partial charge is 0.461 e. The summed E-state index contributed by atoms with van der Waals surface area (Å²) in [7, 11) is 0. The minimum absolute atomic E-state index is 0.00391. The molecule has 4 nitrogen and oxygen atoms in total. The van der Waals surface area contributed by atoms with Crippen LogP contribution >= 0.6 is 11.6 Å². The number of halogens is 4. The topological polar surface area (TPSA) is 66.5 Å². The lowest BCUT2D eigenvalue weighted by atomic mass is 10.1. The van der Waals surface area contributed by atoms with Crippen LogP contribution in [0, 0.1) is 0 Å². The summed E-state index contributed by atoms with van der Waals surface area (Å²) in [5.41, 5.74) is -0.929. The van der Waals surface area contributed by atoms with E-state index < -0.39 is 17.7 Å². The van der Waals surface area contributed by atoms with Gasteiger partial charge in [0, 0.05) is 6.07 Å². The summed E-state index contributed by atoms with van der Waals surface area (Å²) in [6, 6.07) is 1.96. The molecule has 0 aliphatic rings. The number of aromatic nitrogens is 1. The fourth-order valence-electron chi connectivity index (χ4n) is 1.24. The van der Waals surface area contributed by atoms with Crippen molar-refractivity contribution in [2.75, 3.05) is 0 Å². The van der Waals surface area contributed by atoms with Crippen LogP contribution in [-0.2, 0) is 5.79 Å².